The van der Waals surface area contributed by atoms with E-state index in [1.54, 1.807) is 14.2 Å². The van der Waals surface area contributed by atoms with E-state index in [9.17, 15) is 4.79 Å². The summed E-state index contributed by atoms with van der Waals surface area (Å²) in [4.78, 5) is 22.5. The zero-order chi connectivity index (χ0) is 18.9. The lowest BCUT2D eigenvalue weighted by atomic mass is 9.95. The highest BCUT2D eigenvalue weighted by molar-refractivity contribution is 5.40. The smallest absolute Gasteiger partial charge is 0.255 e. The molecule has 3 rings (SSSR count). The second-order valence-corrected chi connectivity index (χ2v) is 7.73. The number of nitrogens with zero attached hydrogens (tertiary/aromatic N) is 2. The largest absolute Gasteiger partial charge is 0.497 e. The Balaban J connectivity index is 1.85. The molecular formula is C20H27N3O3. The lowest BCUT2D eigenvalue weighted by Crippen LogP contribution is -2.37. The second kappa shape index (κ2) is 7.11. The van der Waals surface area contributed by atoms with Crippen LogP contribution in [0.15, 0.2) is 23.0 Å². The maximum absolute atomic E-state index is 12.6. The van der Waals surface area contributed by atoms with Crippen LogP contribution in [0.25, 0.3) is 0 Å². The Bertz CT molecular complexity index is 852. The molecule has 26 heavy (non-hydrogen) atoms. The molecule has 1 aliphatic rings. The molecule has 1 aromatic heterocycles. The van der Waals surface area contributed by atoms with Crippen molar-refractivity contribution in [3.05, 3.63) is 51.2 Å². The molecule has 6 heteroatoms. The average Bonchev–Trinajstić information content (AvgIpc) is 2.61. The van der Waals surface area contributed by atoms with Crippen LogP contribution >= 0.6 is 0 Å². The summed E-state index contributed by atoms with van der Waals surface area (Å²) in [5, 5.41) is 0. The Morgan fingerprint density at radius 3 is 2.65 bits per heavy atom. The van der Waals surface area contributed by atoms with Crippen molar-refractivity contribution in [1.82, 2.24) is 14.9 Å². The fourth-order valence-corrected chi connectivity index (χ4v) is 3.22. The first-order valence-corrected chi connectivity index (χ1v) is 8.87. The number of hydrogen-bond acceptors (Lipinski definition) is 5. The third-order valence-corrected chi connectivity index (χ3v) is 4.74. The number of benzene rings is 1. The van der Waals surface area contributed by atoms with Gasteiger partial charge in [-0.15, -0.1) is 0 Å². The summed E-state index contributed by atoms with van der Waals surface area (Å²) >= 11 is 0. The van der Waals surface area contributed by atoms with Crippen LogP contribution < -0.4 is 15.0 Å². The van der Waals surface area contributed by atoms with Gasteiger partial charge in [0, 0.05) is 37.0 Å². The number of methoxy groups -OCH3 is 2. The molecule has 0 saturated heterocycles. The highest BCUT2D eigenvalue weighted by atomic mass is 16.5. The van der Waals surface area contributed by atoms with Crippen LogP contribution in [0.1, 0.15) is 43.4 Å². The Kier molecular flexibility index (Phi) is 5.05. The molecule has 0 unspecified atom stereocenters. The van der Waals surface area contributed by atoms with Gasteiger partial charge in [0.05, 0.1) is 25.5 Å². The molecule has 2 heterocycles. The van der Waals surface area contributed by atoms with Gasteiger partial charge in [-0.3, -0.25) is 9.69 Å². The molecular weight excluding hydrogens is 330 g/mol. The van der Waals surface area contributed by atoms with E-state index in [2.05, 4.69) is 30.7 Å². The predicted octanol–water partition coefficient (Wildman–Crippen LogP) is 2.64. The fourth-order valence-electron chi connectivity index (χ4n) is 3.22. The summed E-state index contributed by atoms with van der Waals surface area (Å²) in [6.07, 6.45) is 0.772. The van der Waals surface area contributed by atoms with E-state index in [1.807, 2.05) is 18.2 Å². The van der Waals surface area contributed by atoms with E-state index in [0.29, 0.717) is 13.1 Å². The lowest BCUT2D eigenvalue weighted by Gasteiger charge is -2.29. The SMILES string of the molecule is COc1ccc(OC)c(CN2CCc3nc(C(C)(C)C)[nH]c(=O)c3C2)c1. The van der Waals surface area contributed by atoms with Gasteiger partial charge < -0.3 is 14.5 Å². The number of aromatic nitrogens is 2. The fraction of sp³-hybridized carbons (Fsp3) is 0.500. The molecule has 1 N–H and O–H groups in total. The summed E-state index contributed by atoms with van der Waals surface area (Å²) in [6, 6.07) is 5.78. The van der Waals surface area contributed by atoms with Crippen LogP contribution in [0.5, 0.6) is 11.5 Å². The molecule has 1 aliphatic heterocycles. The lowest BCUT2D eigenvalue weighted by molar-refractivity contribution is 0.237. The average molecular weight is 357 g/mol. The van der Waals surface area contributed by atoms with Crippen molar-refractivity contribution in [2.24, 2.45) is 0 Å². The number of rotatable bonds is 4. The number of aromatic amines is 1. The minimum Gasteiger partial charge on any atom is -0.497 e. The van der Waals surface area contributed by atoms with Crippen LogP contribution in [-0.4, -0.2) is 35.6 Å². The predicted molar refractivity (Wildman–Crippen MR) is 101 cm³/mol. The summed E-state index contributed by atoms with van der Waals surface area (Å²) < 4.78 is 10.8. The zero-order valence-electron chi connectivity index (χ0n) is 16.2. The number of nitrogens with one attached hydrogen (secondary N) is 1. The molecule has 0 bridgehead atoms. The normalized spacial score (nSPS) is 14.8. The standard InChI is InChI=1S/C20H27N3O3/c1-20(2,3)19-21-16-8-9-23(12-15(16)18(24)22-19)11-13-10-14(25-4)6-7-17(13)26-5/h6-7,10H,8-9,11-12H2,1-5H3,(H,21,22,24). The molecule has 0 amide bonds. The quantitative estimate of drug-likeness (QED) is 0.911. The Morgan fingerprint density at radius 2 is 2.00 bits per heavy atom. The molecule has 0 atom stereocenters. The van der Waals surface area contributed by atoms with Crippen LogP contribution in [0.3, 0.4) is 0 Å². The minimum atomic E-state index is -0.167. The van der Waals surface area contributed by atoms with Gasteiger partial charge in [0.1, 0.15) is 17.3 Å². The Morgan fingerprint density at radius 1 is 1.23 bits per heavy atom. The van der Waals surface area contributed by atoms with E-state index >= 15 is 0 Å². The summed E-state index contributed by atoms with van der Waals surface area (Å²) in [7, 11) is 3.32. The second-order valence-electron chi connectivity index (χ2n) is 7.73. The van der Waals surface area contributed by atoms with E-state index < -0.39 is 0 Å². The summed E-state index contributed by atoms with van der Waals surface area (Å²) in [5.74, 6) is 2.38. The third-order valence-electron chi connectivity index (χ3n) is 4.74. The van der Waals surface area contributed by atoms with Crippen molar-refractivity contribution in [1.29, 1.82) is 0 Å². The van der Waals surface area contributed by atoms with Gasteiger partial charge in [0.15, 0.2) is 0 Å². The number of H-pyrrole nitrogens is 1. The van der Waals surface area contributed by atoms with Gasteiger partial charge in [-0.1, -0.05) is 20.8 Å². The van der Waals surface area contributed by atoms with Gasteiger partial charge in [-0.05, 0) is 18.2 Å². The van der Waals surface area contributed by atoms with Crippen LogP contribution in [0, 0.1) is 0 Å². The molecule has 140 valence electrons. The minimum absolute atomic E-state index is 0.0257. The number of hydrogen-bond donors (Lipinski definition) is 1. The topological polar surface area (TPSA) is 67.5 Å². The van der Waals surface area contributed by atoms with Crippen molar-refractivity contribution in [3.8, 4) is 11.5 Å². The Labute approximate surface area is 154 Å². The van der Waals surface area contributed by atoms with E-state index in [4.69, 9.17) is 14.5 Å². The first kappa shape index (κ1) is 18.5. The van der Waals surface area contributed by atoms with Gasteiger partial charge in [-0.25, -0.2) is 4.98 Å². The van der Waals surface area contributed by atoms with Crippen molar-refractivity contribution in [2.45, 2.75) is 45.7 Å². The van der Waals surface area contributed by atoms with Crippen molar-refractivity contribution < 1.29 is 9.47 Å². The third kappa shape index (κ3) is 3.75. The van der Waals surface area contributed by atoms with Gasteiger partial charge in [0.2, 0.25) is 0 Å². The highest BCUT2D eigenvalue weighted by Crippen LogP contribution is 2.27. The van der Waals surface area contributed by atoms with E-state index in [1.165, 1.54) is 0 Å². The highest BCUT2D eigenvalue weighted by Gasteiger charge is 2.25. The number of fused-ring (bicyclic) bond motifs is 1. The maximum Gasteiger partial charge on any atom is 0.255 e. The zero-order valence-corrected chi connectivity index (χ0v) is 16.2. The monoisotopic (exact) mass is 357 g/mol. The molecule has 0 fully saturated rings. The molecule has 0 saturated carbocycles. The van der Waals surface area contributed by atoms with Crippen molar-refractivity contribution in [3.63, 3.8) is 0 Å². The van der Waals surface area contributed by atoms with Gasteiger partial charge in [-0.2, -0.15) is 0 Å². The number of ether oxygens (including phenoxy) is 2. The van der Waals surface area contributed by atoms with Crippen molar-refractivity contribution >= 4 is 0 Å². The molecule has 0 spiro atoms. The van der Waals surface area contributed by atoms with Gasteiger partial charge >= 0.3 is 0 Å². The van der Waals surface area contributed by atoms with Crippen LogP contribution in [0.4, 0.5) is 0 Å². The molecule has 0 aliphatic carbocycles. The summed E-state index contributed by atoms with van der Waals surface area (Å²) in [6.45, 7) is 8.31. The summed E-state index contributed by atoms with van der Waals surface area (Å²) in [5.41, 5.74) is 2.55. The Hall–Kier alpha value is -2.34. The molecule has 6 nitrogen and oxygen atoms in total. The van der Waals surface area contributed by atoms with Gasteiger partial charge in [0.25, 0.3) is 5.56 Å². The molecule has 1 aromatic carbocycles. The first-order chi connectivity index (χ1) is 12.3. The van der Waals surface area contributed by atoms with E-state index in [0.717, 1.165) is 47.1 Å². The molecule has 0 radical (unpaired) electrons. The van der Waals surface area contributed by atoms with E-state index in [-0.39, 0.29) is 11.0 Å². The molecule has 2 aromatic rings. The maximum atomic E-state index is 12.6. The first-order valence-electron chi connectivity index (χ1n) is 8.87. The van der Waals surface area contributed by atoms with Crippen molar-refractivity contribution in [2.75, 3.05) is 20.8 Å². The van der Waals surface area contributed by atoms with Crippen LogP contribution in [-0.2, 0) is 24.9 Å². The van der Waals surface area contributed by atoms with Crippen LogP contribution in [0.2, 0.25) is 0 Å².